The van der Waals surface area contributed by atoms with Gasteiger partial charge in [0.1, 0.15) is 0 Å². The van der Waals surface area contributed by atoms with Crippen molar-refractivity contribution >= 4 is 11.9 Å². The van der Waals surface area contributed by atoms with Gasteiger partial charge in [-0.3, -0.25) is 4.79 Å². The monoisotopic (exact) mass is 400 g/mol. The third kappa shape index (κ3) is 3.77. The molecule has 30 heavy (non-hydrogen) atoms. The minimum absolute atomic E-state index is 0.0517. The largest absolute Gasteiger partial charge is 0.316 e. The van der Waals surface area contributed by atoms with E-state index < -0.39 is 0 Å². The second-order valence-corrected chi connectivity index (χ2v) is 9.08. The van der Waals surface area contributed by atoms with E-state index in [1.54, 1.807) is 0 Å². The first-order valence-electron chi connectivity index (χ1n) is 11.7. The molecule has 3 aliphatic rings. The van der Waals surface area contributed by atoms with Crippen molar-refractivity contribution in [3.05, 3.63) is 75.9 Å². The van der Waals surface area contributed by atoms with Crippen molar-refractivity contribution in [1.29, 1.82) is 0 Å². The summed E-state index contributed by atoms with van der Waals surface area (Å²) in [5, 5.41) is 7.20. The third-order valence-corrected chi connectivity index (χ3v) is 7.17. The predicted molar refractivity (Wildman–Crippen MR) is 123 cm³/mol. The molecule has 1 saturated heterocycles. The zero-order valence-corrected chi connectivity index (χ0v) is 17.8. The number of Topliss-reactive ketones (excluding diaryl/α,β-unsaturated/α-hetero) is 1. The van der Waals surface area contributed by atoms with E-state index in [2.05, 4.69) is 53.1 Å². The average molecular weight is 401 g/mol. The molecule has 5 rings (SSSR count). The number of carbonyl (C=O) groups is 1. The Morgan fingerprint density at radius 1 is 1.00 bits per heavy atom. The fourth-order valence-electron chi connectivity index (χ4n) is 5.46. The van der Waals surface area contributed by atoms with Crippen LogP contribution in [0.3, 0.4) is 0 Å². The molecule has 0 radical (unpaired) electrons. The minimum atomic E-state index is 0.0517. The molecule has 0 amide bonds. The summed E-state index contributed by atoms with van der Waals surface area (Å²) in [6.45, 7) is 3.14. The maximum absolute atomic E-state index is 12.8. The summed E-state index contributed by atoms with van der Waals surface area (Å²) in [4.78, 5) is 12.8. The van der Waals surface area contributed by atoms with Crippen molar-refractivity contribution in [2.75, 3.05) is 19.6 Å². The van der Waals surface area contributed by atoms with Gasteiger partial charge in [-0.05, 0) is 98.5 Å². The van der Waals surface area contributed by atoms with Gasteiger partial charge in [0.05, 0.1) is 5.54 Å². The number of ketones is 1. The van der Waals surface area contributed by atoms with Crippen LogP contribution in [0.4, 0.5) is 0 Å². The van der Waals surface area contributed by atoms with Crippen LogP contribution < -0.4 is 10.6 Å². The Bertz CT molecular complexity index is 969. The van der Waals surface area contributed by atoms with E-state index in [0.29, 0.717) is 6.42 Å². The van der Waals surface area contributed by atoms with Crippen LogP contribution in [0.15, 0.2) is 42.5 Å². The first kappa shape index (κ1) is 19.7. The number of aryl methyl sites for hydroxylation is 1. The molecule has 3 heteroatoms. The average Bonchev–Trinajstić information content (AvgIpc) is 2.97. The van der Waals surface area contributed by atoms with E-state index in [-0.39, 0.29) is 11.3 Å². The van der Waals surface area contributed by atoms with E-state index in [0.717, 1.165) is 50.9 Å². The van der Waals surface area contributed by atoms with E-state index in [4.69, 9.17) is 0 Å². The second-order valence-electron chi connectivity index (χ2n) is 9.08. The highest BCUT2D eigenvalue weighted by atomic mass is 16.1. The quantitative estimate of drug-likeness (QED) is 0.722. The zero-order chi connectivity index (χ0) is 20.4. The Morgan fingerprint density at radius 3 is 2.77 bits per heavy atom. The molecule has 1 atom stereocenters. The molecule has 1 fully saturated rings. The van der Waals surface area contributed by atoms with Gasteiger partial charge in [-0.1, -0.05) is 42.5 Å². The van der Waals surface area contributed by atoms with Crippen LogP contribution in [0.5, 0.6) is 0 Å². The standard InChI is InChI=1S/C27H32N2O/c30-26(23-10-9-20-12-17-28-18-13-22(20)19-23)8-4-6-21-5-3-7-25-24(21)11-15-27(25)14-1-2-16-29-27/h3,5,7,9-11,15,19,28-29H,1-2,4,6,8,12-14,16-18H2. The van der Waals surface area contributed by atoms with Crippen LogP contribution >= 0.6 is 0 Å². The van der Waals surface area contributed by atoms with Gasteiger partial charge in [0.25, 0.3) is 0 Å². The summed E-state index contributed by atoms with van der Waals surface area (Å²) >= 11 is 0. The lowest BCUT2D eigenvalue weighted by molar-refractivity contribution is 0.0980. The van der Waals surface area contributed by atoms with Crippen molar-refractivity contribution in [2.24, 2.45) is 0 Å². The molecule has 156 valence electrons. The maximum atomic E-state index is 12.8. The number of nitrogens with one attached hydrogen (secondary N) is 2. The maximum Gasteiger partial charge on any atom is 0.162 e. The molecular weight excluding hydrogens is 368 g/mol. The number of rotatable bonds is 5. The number of hydrogen-bond donors (Lipinski definition) is 2. The third-order valence-electron chi connectivity index (χ3n) is 7.17. The number of carbonyl (C=O) groups excluding carboxylic acids is 1. The zero-order valence-electron chi connectivity index (χ0n) is 17.8. The lowest BCUT2D eigenvalue weighted by Crippen LogP contribution is -2.43. The first-order chi connectivity index (χ1) is 14.8. The minimum Gasteiger partial charge on any atom is -0.316 e. The predicted octanol–water partition coefficient (Wildman–Crippen LogP) is 4.58. The van der Waals surface area contributed by atoms with Crippen LogP contribution in [0, 0.1) is 0 Å². The Morgan fingerprint density at radius 2 is 1.90 bits per heavy atom. The Kier molecular flexibility index (Phi) is 5.58. The molecule has 2 aliphatic heterocycles. The lowest BCUT2D eigenvalue weighted by atomic mass is 9.83. The molecule has 1 spiro atoms. The van der Waals surface area contributed by atoms with Crippen LogP contribution in [0.2, 0.25) is 0 Å². The van der Waals surface area contributed by atoms with Crippen LogP contribution in [0.1, 0.15) is 70.3 Å². The van der Waals surface area contributed by atoms with Gasteiger partial charge in [-0.2, -0.15) is 0 Å². The molecule has 2 aromatic carbocycles. The SMILES string of the molecule is O=C(CCCc1cccc2c1C=CC21CCCCN1)c1ccc2c(c1)CCNCC2. The van der Waals surface area contributed by atoms with E-state index in [1.807, 2.05) is 6.07 Å². The molecule has 1 unspecified atom stereocenters. The second kappa shape index (κ2) is 8.49. The molecule has 2 aromatic rings. The van der Waals surface area contributed by atoms with E-state index >= 15 is 0 Å². The summed E-state index contributed by atoms with van der Waals surface area (Å²) in [6, 6.07) is 13.1. The highest BCUT2D eigenvalue weighted by Crippen LogP contribution is 2.41. The Labute approximate surface area is 180 Å². The van der Waals surface area contributed by atoms with Gasteiger partial charge in [0.15, 0.2) is 5.78 Å². The Hall–Kier alpha value is -2.23. The fraction of sp³-hybridized carbons (Fsp3) is 0.444. The van der Waals surface area contributed by atoms with Crippen LogP contribution in [-0.2, 0) is 24.8 Å². The topological polar surface area (TPSA) is 41.1 Å². The summed E-state index contributed by atoms with van der Waals surface area (Å²) in [5.41, 5.74) is 7.89. The van der Waals surface area contributed by atoms with Gasteiger partial charge < -0.3 is 10.6 Å². The molecule has 3 nitrogen and oxygen atoms in total. The fourth-order valence-corrected chi connectivity index (χ4v) is 5.46. The molecule has 0 aromatic heterocycles. The normalized spacial score (nSPS) is 22.5. The van der Waals surface area contributed by atoms with E-state index in [1.165, 1.54) is 47.1 Å². The van der Waals surface area contributed by atoms with Crippen LogP contribution in [-0.4, -0.2) is 25.4 Å². The highest BCUT2D eigenvalue weighted by Gasteiger charge is 2.36. The van der Waals surface area contributed by atoms with Crippen molar-refractivity contribution in [3.8, 4) is 0 Å². The number of piperidine rings is 1. The van der Waals surface area contributed by atoms with Crippen LogP contribution in [0.25, 0.3) is 6.08 Å². The Balaban J connectivity index is 1.24. The van der Waals surface area contributed by atoms with Gasteiger partial charge in [-0.15, -0.1) is 0 Å². The molecule has 0 bridgehead atoms. The van der Waals surface area contributed by atoms with Crippen molar-refractivity contribution in [3.63, 3.8) is 0 Å². The van der Waals surface area contributed by atoms with Gasteiger partial charge >= 0.3 is 0 Å². The summed E-state index contributed by atoms with van der Waals surface area (Å²) in [6.07, 6.45) is 13.0. The molecular formula is C27H32N2O. The molecule has 1 aliphatic carbocycles. The number of hydrogen-bond acceptors (Lipinski definition) is 3. The summed E-state index contributed by atoms with van der Waals surface area (Å²) in [5.74, 6) is 0.281. The van der Waals surface area contributed by atoms with Gasteiger partial charge in [0, 0.05) is 12.0 Å². The lowest BCUT2D eigenvalue weighted by Gasteiger charge is -2.35. The van der Waals surface area contributed by atoms with Gasteiger partial charge in [-0.25, -0.2) is 0 Å². The number of fused-ring (bicyclic) bond motifs is 3. The first-order valence-corrected chi connectivity index (χ1v) is 11.7. The van der Waals surface area contributed by atoms with Crippen molar-refractivity contribution in [2.45, 2.75) is 56.9 Å². The molecule has 2 heterocycles. The summed E-state index contributed by atoms with van der Waals surface area (Å²) in [7, 11) is 0. The smallest absolute Gasteiger partial charge is 0.162 e. The van der Waals surface area contributed by atoms with Gasteiger partial charge in [0.2, 0.25) is 0 Å². The summed E-state index contributed by atoms with van der Waals surface area (Å²) < 4.78 is 0. The molecule has 0 saturated carbocycles. The van der Waals surface area contributed by atoms with E-state index in [9.17, 15) is 4.79 Å². The highest BCUT2D eigenvalue weighted by molar-refractivity contribution is 5.96. The van der Waals surface area contributed by atoms with Crippen molar-refractivity contribution < 1.29 is 4.79 Å². The van der Waals surface area contributed by atoms with Crippen molar-refractivity contribution in [1.82, 2.24) is 10.6 Å². The molecule has 2 N–H and O–H groups in total. The number of benzene rings is 2.